The van der Waals surface area contributed by atoms with Gasteiger partial charge in [0, 0.05) is 17.8 Å². The van der Waals surface area contributed by atoms with Crippen molar-refractivity contribution >= 4 is 0 Å². The fourth-order valence-electron chi connectivity index (χ4n) is 1.87. The van der Waals surface area contributed by atoms with Crippen LogP contribution in [0.2, 0.25) is 0 Å². The minimum Gasteiger partial charge on any atom is -0.299 e. The highest BCUT2D eigenvalue weighted by Gasteiger charge is 2.13. The average Bonchev–Trinajstić information content (AvgIpc) is 2.46. The second kappa shape index (κ2) is 5.19. The van der Waals surface area contributed by atoms with Crippen LogP contribution in [0.15, 0.2) is 4.79 Å². The molecule has 0 aromatic carbocycles. The van der Waals surface area contributed by atoms with Gasteiger partial charge in [-0.3, -0.25) is 14.6 Å². The molecule has 0 aliphatic rings. The monoisotopic (exact) mass is 210 g/mol. The molecule has 86 valence electrons. The number of aromatic nitrogens is 2. The van der Waals surface area contributed by atoms with Gasteiger partial charge in [-0.15, -0.1) is 0 Å². The molecule has 0 aliphatic heterocycles. The summed E-state index contributed by atoms with van der Waals surface area (Å²) < 4.78 is 1.71. The molecule has 0 bridgehead atoms. The summed E-state index contributed by atoms with van der Waals surface area (Å²) in [6.07, 6.45) is 2.94. The summed E-state index contributed by atoms with van der Waals surface area (Å²) in [4.78, 5) is 12.0. The van der Waals surface area contributed by atoms with Crippen molar-refractivity contribution in [2.45, 2.75) is 53.5 Å². The maximum Gasteiger partial charge on any atom is 0.269 e. The fourth-order valence-corrected chi connectivity index (χ4v) is 1.87. The van der Waals surface area contributed by atoms with E-state index in [1.165, 1.54) is 0 Å². The highest BCUT2D eigenvalue weighted by molar-refractivity contribution is 5.18. The van der Waals surface area contributed by atoms with E-state index >= 15 is 0 Å². The zero-order valence-corrected chi connectivity index (χ0v) is 10.3. The van der Waals surface area contributed by atoms with Crippen molar-refractivity contribution in [1.82, 2.24) is 9.78 Å². The van der Waals surface area contributed by atoms with Crippen molar-refractivity contribution in [3.05, 3.63) is 21.6 Å². The number of nitrogens with one attached hydrogen (secondary N) is 1. The smallest absolute Gasteiger partial charge is 0.269 e. The molecule has 1 heterocycles. The predicted molar refractivity (Wildman–Crippen MR) is 63.3 cm³/mol. The summed E-state index contributed by atoms with van der Waals surface area (Å²) in [5, 5.41) is 3.21. The molecule has 1 N–H and O–H groups in total. The molecule has 0 saturated carbocycles. The molecule has 0 amide bonds. The lowest BCUT2D eigenvalue weighted by atomic mass is 10.0. The summed E-state index contributed by atoms with van der Waals surface area (Å²) in [6.45, 7) is 9.16. The van der Waals surface area contributed by atoms with Gasteiger partial charge in [0.2, 0.25) is 0 Å². The van der Waals surface area contributed by atoms with Crippen LogP contribution in [0, 0.1) is 5.92 Å². The van der Waals surface area contributed by atoms with E-state index in [4.69, 9.17) is 0 Å². The van der Waals surface area contributed by atoms with E-state index in [1.54, 1.807) is 4.68 Å². The zero-order chi connectivity index (χ0) is 11.4. The Morgan fingerprint density at radius 3 is 2.47 bits per heavy atom. The van der Waals surface area contributed by atoms with Gasteiger partial charge in [-0.25, -0.2) is 0 Å². The molecule has 0 aliphatic carbocycles. The van der Waals surface area contributed by atoms with Gasteiger partial charge in [-0.05, 0) is 25.7 Å². The van der Waals surface area contributed by atoms with Gasteiger partial charge in [-0.1, -0.05) is 27.2 Å². The molecule has 0 radical (unpaired) electrons. The van der Waals surface area contributed by atoms with E-state index in [-0.39, 0.29) is 5.56 Å². The lowest BCUT2D eigenvalue weighted by molar-refractivity contribution is 0.620. The van der Waals surface area contributed by atoms with E-state index in [0.717, 1.165) is 37.1 Å². The standard InChI is InChI=1S/C12H22N2O/c1-5-7-11-10(8-9(3)4)12(15)14(6-2)13-11/h9,13H,5-8H2,1-4H3. The molecule has 0 saturated heterocycles. The van der Waals surface area contributed by atoms with Crippen LogP contribution in [0.25, 0.3) is 0 Å². The predicted octanol–water partition coefficient (Wildman–Crippen LogP) is 2.35. The van der Waals surface area contributed by atoms with Crippen molar-refractivity contribution in [1.29, 1.82) is 0 Å². The van der Waals surface area contributed by atoms with Crippen molar-refractivity contribution in [3.63, 3.8) is 0 Å². The molecule has 1 aromatic rings. The number of aryl methyl sites for hydroxylation is 2. The summed E-state index contributed by atoms with van der Waals surface area (Å²) in [5.41, 5.74) is 2.31. The first kappa shape index (κ1) is 12.1. The number of hydrogen-bond donors (Lipinski definition) is 1. The summed E-state index contributed by atoms with van der Waals surface area (Å²) in [7, 11) is 0. The highest BCUT2D eigenvalue weighted by Crippen LogP contribution is 2.10. The normalized spacial score (nSPS) is 11.3. The third-order valence-electron chi connectivity index (χ3n) is 2.57. The molecule has 15 heavy (non-hydrogen) atoms. The van der Waals surface area contributed by atoms with Crippen LogP contribution in [-0.4, -0.2) is 9.78 Å². The van der Waals surface area contributed by atoms with Gasteiger partial charge in [0.1, 0.15) is 0 Å². The molecule has 0 unspecified atom stereocenters. The molecule has 1 aromatic heterocycles. The van der Waals surface area contributed by atoms with Gasteiger partial charge in [0.25, 0.3) is 5.56 Å². The number of hydrogen-bond acceptors (Lipinski definition) is 1. The van der Waals surface area contributed by atoms with Crippen molar-refractivity contribution in [2.24, 2.45) is 5.92 Å². The van der Waals surface area contributed by atoms with E-state index in [1.807, 2.05) is 6.92 Å². The lowest BCUT2D eigenvalue weighted by Gasteiger charge is -2.03. The first-order chi connectivity index (χ1) is 7.10. The third-order valence-corrected chi connectivity index (χ3v) is 2.57. The topological polar surface area (TPSA) is 37.8 Å². The Balaban J connectivity index is 3.07. The summed E-state index contributed by atoms with van der Waals surface area (Å²) in [5.74, 6) is 0.536. The number of rotatable bonds is 5. The van der Waals surface area contributed by atoms with Crippen LogP contribution < -0.4 is 5.56 Å². The summed E-state index contributed by atoms with van der Waals surface area (Å²) in [6, 6.07) is 0. The lowest BCUT2D eigenvalue weighted by Crippen LogP contribution is -2.18. The van der Waals surface area contributed by atoms with E-state index in [0.29, 0.717) is 5.92 Å². The maximum absolute atomic E-state index is 12.0. The molecule has 1 rings (SSSR count). The van der Waals surface area contributed by atoms with Crippen LogP contribution in [0.1, 0.15) is 45.4 Å². The first-order valence-corrected chi connectivity index (χ1v) is 5.90. The molecule has 0 fully saturated rings. The van der Waals surface area contributed by atoms with Crippen molar-refractivity contribution in [3.8, 4) is 0 Å². The minimum absolute atomic E-state index is 0.176. The third kappa shape index (κ3) is 2.74. The number of aromatic amines is 1. The van der Waals surface area contributed by atoms with E-state index < -0.39 is 0 Å². The van der Waals surface area contributed by atoms with Gasteiger partial charge in [0.15, 0.2) is 0 Å². The highest BCUT2D eigenvalue weighted by atomic mass is 16.1. The Morgan fingerprint density at radius 1 is 1.33 bits per heavy atom. The van der Waals surface area contributed by atoms with Crippen LogP contribution in [-0.2, 0) is 19.4 Å². The maximum atomic E-state index is 12.0. The Hall–Kier alpha value is -0.990. The first-order valence-electron chi connectivity index (χ1n) is 5.90. The van der Waals surface area contributed by atoms with Crippen LogP contribution >= 0.6 is 0 Å². The quantitative estimate of drug-likeness (QED) is 0.796. The Labute approximate surface area is 91.5 Å². The minimum atomic E-state index is 0.176. The number of nitrogens with zero attached hydrogens (tertiary/aromatic N) is 1. The zero-order valence-electron chi connectivity index (χ0n) is 10.3. The molecular formula is C12H22N2O. The van der Waals surface area contributed by atoms with E-state index in [9.17, 15) is 4.79 Å². The largest absolute Gasteiger partial charge is 0.299 e. The van der Waals surface area contributed by atoms with Crippen LogP contribution in [0.4, 0.5) is 0 Å². The van der Waals surface area contributed by atoms with Crippen LogP contribution in [0.3, 0.4) is 0 Å². The van der Waals surface area contributed by atoms with Gasteiger partial charge < -0.3 is 0 Å². The second-order valence-electron chi connectivity index (χ2n) is 4.47. The van der Waals surface area contributed by atoms with Gasteiger partial charge in [0.05, 0.1) is 0 Å². The second-order valence-corrected chi connectivity index (χ2v) is 4.47. The fraction of sp³-hybridized carbons (Fsp3) is 0.750. The average molecular weight is 210 g/mol. The molecule has 3 heteroatoms. The number of H-pyrrole nitrogens is 1. The van der Waals surface area contributed by atoms with Crippen molar-refractivity contribution in [2.75, 3.05) is 0 Å². The SMILES string of the molecule is CCCc1[nH]n(CC)c(=O)c1CC(C)C. The molecular weight excluding hydrogens is 188 g/mol. The molecule has 3 nitrogen and oxygen atoms in total. The Morgan fingerprint density at radius 2 is 2.00 bits per heavy atom. The van der Waals surface area contributed by atoms with E-state index in [2.05, 4.69) is 25.9 Å². The van der Waals surface area contributed by atoms with Crippen LogP contribution in [0.5, 0.6) is 0 Å². The Bertz CT molecular complexity index is 360. The summed E-state index contributed by atoms with van der Waals surface area (Å²) >= 11 is 0. The van der Waals surface area contributed by atoms with Gasteiger partial charge in [-0.2, -0.15) is 0 Å². The van der Waals surface area contributed by atoms with Crippen molar-refractivity contribution < 1.29 is 0 Å². The molecule has 0 spiro atoms. The molecule has 0 atom stereocenters. The Kier molecular flexibility index (Phi) is 4.18. The van der Waals surface area contributed by atoms with Gasteiger partial charge >= 0.3 is 0 Å².